The van der Waals surface area contributed by atoms with Gasteiger partial charge >= 0.3 is 12.1 Å². The number of carboxylic acids is 1. The third-order valence-corrected chi connectivity index (χ3v) is 9.11. The zero-order chi connectivity index (χ0) is 27.7. The number of aliphatic carboxylic acids is 1. The Hall–Kier alpha value is -3.14. The lowest BCUT2D eigenvalue weighted by molar-refractivity contribution is -0.156. The van der Waals surface area contributed by atoms with E-state index < -0.39 is 42.4 Å². The molecule has 39 heavy (non-hydrogen) atoms. The molecule has 3 aliphatic rings. The Bertz CT molecular complexity index is 1400. The standard InChI is InChI=1S/C29H30F5N3O2/c1-16-10-20-19-4-2-3-5-23(19)35-25(20)26(37(16)15-29(32,33)34)24-21(30)11-18(12-22(24)31)36-8-6-28(7-9-36)13-17(14-28)27(38)39/h2-5,11-12,16-17,26,35H,6-10,13-15H2,1H3,(H,38,39)/t16-,26-/m1/s1. The highest BCUT2D eigenvalue weighted by Gasteiger charge is 2.49. The van der Waals surface area contributed by atoms with Crippen LogP contribution >= 0.6 is 0 Å². The predicted molar refractivity (Wildman–Crippen MR) is 137 cm³/mol. The molecule has 2 N–H and O–H groups in total. The molecule has 6 rings (SSSR count). The second kappa shape index (κ2) is 9.21. The predicted octanol–water partition coefficient (Wildman–Crippen LogP) is 6.43. The van der Waals surface area contributed by atoms with Gasteiger partial charge in [0.25, 0.3) is 0 Å². The molecule has 1 aliphatic carbocycles. The molecule has 0 bridgehead atoms. The number of halogens is 5. The number of H-pyrrole nitrogens is 1. The number of nitrogens with zero attached hydrogens (tertiary/aromatic N) is 2. The lowest BCUT2D eigenvalue weighted by Crippen LogP contribution is -2.49. The average molecular weight is 548 g/mol. The number of alkyl halides is 3. The van der Waals surface area contributed by atoms with Crippen molar-refractivity contribution in [2.24, 2.45) is 11.3 Å². The zero-order valence-electron chi connectivity index (χ0n) is 21.5. The molecular formula is C29H30F5N3O2. The average Bonchev–Trinajstić information content (AvgIpc) is 3.21. The largest absolute Gasteiger partial charge is 0.481 e. The van der Waals surface area contributed by atoms with Crippen molar-refractivity contribution in [2.45, 2.75) is 57.3 Å². The number of fused-ring (bicyclic) bond motifs is 3. The molecule has 1 spiro atoms. The lowest BCUT2D eigenvalue weighted by Gasteiger charge is -2.51. The van der Waals surface area contributed by atoms with E-state index in [2.05, 4.69) is 4.98 Å². The summed E-state index contributed by atoms with van der Waals surface area (Å²) in [7, 11) is 0. The Morgan fingerprint density at radius 1 is 1.10 bits per heavy atom. The van der Waals surface area contributed by atoms with Gasteiger partial charge in [-0.3, -0.25) is 9.69 Å². The van der Waals surface area contributed by atoms with Gasteiger partial charge in [0.05, 0.1) is 18.5 Å². The van der Waals surface area contributed by atoms with E-state index in [9.17, 15) is 23.1 Å². The summed E-state index contributed by atoms with van der Waals surface area (Å²) in [6, 6.07) is 7.91. The van der Waals surface area contributed by atoms with Crippen molar-refractivity contribution in [3.8, 4) is 0 Å². The van der Waals surface area contributed by atoms with Crippen LogP contribution in [0.4, 0.5) is 27.6 Å². The summed E-state index contributed by atoms with van der Waals surface area (Å²) >= 11 is 0. The monoisotopic (exact) mass is 547 g/mol. The van der Waals surface area contributed by atoms with Crippen LogP contribution in [0, 0.1) is 23.0 Å². The topological polar surface area (TPSA) is 59.6 Å². The van der Waals surface area contributed by atoms with Gasteiger partial charge in [0.15, 0.2) is 0 Å². The van der Waals surface area contributed by atoms with E-state index in [0.717, 1.165) is 34.2 Å². The second-order valence-electron chi connectivity index (χ2n) is 11.6. The zero-order valence-corrected chi connectivity index (χ0v) is 21.5. The third-order valence-electron chi connectivity index (χ3n) is 9.11. The van der Waals surface area contributed by atoms with Crippen LogP contribution in [0.3, 0.4) is 0 Å². The fourth-order valence-corrected chi connectivity index (χ4v) is 7.09. The molecule has 208 valence electrons. The molecule has 0 radical (unpaired) electrons. The van der Waals surface area contributed by atoms with E-state index in [0.29, 0.717) is 43.7 Å². The summed E-state index contributed by atoms with van der Waals surface area (Å²) < 4.78 is 72.7. The number of para-hydroxylation sites is 1. The van der Waals surface area contributed by atoms with Crippen molar-refractivity contribution in [2.75, 3.05) is 24.5 Å². The third kappa shape index (κ3) is 4.56. The number of hydrogen-bond acceptors (Lipinski definition) is 3. The summed E-state index contributed by atoms with van der Waals surface area (Å²) in [5.41, 5.74) is 1.82. The summed E-state index contributed by atoms with van der Waals surface area (Å²) in [5.74, 6) is -2.86. The fraction of sp³-hybridized carbons (Fsp3) is 0.483. The van der Waals surface area contributed by atoms with Crippen LogP contribution < -0.4 is 4.90 Å². The summed E-state index contributed by atoms with van der Waals surface area (Å²) in [6.07, 6.45) is -1.50. The molecule has 2 aromatic carbocycles. The number of hydrogen-bond donors (Lipinski definition) is 2. The number of rotatable bonds is 4. The van der Waals surface area contributed by atoms with Gasteiger partial charge < -0.3 is 15.0 Å². The van der Waals surface area contributed by atoms with Gasteiger partial charge in [0, 0.05) is 47.0 Å². The Kier molecular flexibility index (Phi) is 6.17. The minimum atomic E-state index is -4.55. The highest BCUT2D eigenvalue weighted by molar-refractivity contribution is 5.85. The van der Waals surface area contributed by atoms with Crippen LogP contribution in [0.25, 0.3) is 10.9 Å². The molecule has 2 fully saturated rings. The van der Waals surface area contributed by atoms with Crippen LogP contribution in [0.1, 0.15) is 55.5 Å². The summed E-state index contributed by atoms with van der Waals surface area (Å²) in [6.45, 7) is 1.45. The molecule has 0 amide bonds. The van der Waals surface area contributed by atoms with Gasteiger partial charge in [-0.25, -0.2) is 8.78 Å². The van der Waals surface area contributed by atoms with Gasteiger partial charge in [-0.2, -0.15) is 13.2 Å². The molecule has 1 aromatic heterocycles. The summed E-state index contributed by atoms with van der Waals surface area (Å²) in [5, 5.41) is 10.1. The van der Waals surface area contributed by atoms with E-state index in [1.807, 2.05) is 23.1 Å². The molecule has 1 saturated heterocycles. The van der Waals surface area contributed by atoms with Crippen LogP contribution in [-0.4, -0.2) is 52.8 Å². The Labute approximate surface area is 222 Å². The summed E-state index contributed by atoms with van der Waals surface area (Å²) in [4.78, 5) is 17.4. The van der Waals surface area contributed by atoms with Crippen LogP contribution in [0.5, 0.6) is 0 Å². The Balaban J connectivity index is 1.34. The highest BCUT2D eigenvalue weighted by atomic mass is 19.4. The molecule has 0 unspecified atom stereocenters. The van der Waals surface area contributed by atoms with Crippen molar-refractivity contribution >= 4 is 22.6 Å². The van der Waals surface area contributed by atoms with Gasteiger partial charge in [-0.1, -0.05) is 18.2 Å². The van der Waals surface area contributed by atoms with E-state index in [-0.39, 0.29) is 16.9 Å². The fourth-order valence-electron chi connectivity index (χ4n) is 7.09. The number of carboxylic acid groups (broad SMARTS) is 1. The van der Waals surface area contributed by atoms with Crippen LogP contribution in [-0.2, 0) is 11.2 Å². The molecule has 3 heterocycles. The lowest BCUT2D eigenvalue weighted by atomic mass is 9.57. The normalized spacial score (nSPS) is 23.7. The minimum Gasteiger partial charge on any atom is -0.481 e. The van der Waals surface area contributed by atoms with E-state index in [4.69, 9.17) is 0 Å². The van der Waals surface area contributed by atoms with E-state index in [1.165, 1.54) is 12.1 Å². The first-order valence-electron chi connectivity index (χ1n) is 13.3. The first-order valence-corrected chi connectivity index (χ1v) is 13.3. The number of carbonyl (C=O) groups is 1. The van der Waals surface area contributed by atoms with Crippen LogP contribution in [0.15, 0.2) is 36.4 Å². The molecule has 2 atom stereocenters. The molecule has 10 heteroatoms. The Morgan fingerprint density at radius 3 is 2.36 bits per heavy atom. The van der Waals surface area contributed by atoms with Crippen LogP contribution in [0.2, 0.25) is 0 Å². The number of anilines is 1. The highest BCUT2D eigenvalue weighted by Crippen LogP contribution is 2.53. The maximum Gasteiger partial charge on any atom is 0.401 e. The number of piperidine rings is 1. The molecule has 5 nitrogen and oxygen atoms in total. The van der Waals surface area contributed by atoms with Crippen molar-refractivity contribution in [3.63, 3.8) is 0 Å². The smallest absolute Gasteiger partial charge is 0.401 e. The number of nitrogens with one attached hydrogen (secondary N) is 1. The first-order chi connectivity index (χ1) is 18.4. The number of aromatic amines is 1. The Morgan fingerprint density at radius 2 is 1.74 bits per heavy atom. The van der Waals surface area contributed by atoms with Crippen molar-refractivity contribution < 1.29 is 31.9 Å². The second-order valence-corrected chi connectivity index (χ2v) is 11.6. The number of benzene rings is 2. The van der Waals surface area contributed by atoms with Crippen molar-refractivity contribution in [1.29, 1.82) is 0 Å². The quantitative estimate of drug-likeness (QED) is 0.370. The van der Waals surface area contributed by atoms with Gasteiger partial charge in [-0.15, -0.1) is 0 Å². The first kappa shape index (κ1) is 26.1. The number of aromatic nitrogens is 1. The van der Waals surface area contributed by atoms with Gasteiger partial charge in [0.2, 0.25) is 0 Å². The van der Waals surface area contributed by atoms with Gasteiger partial charge in [0.1, 0.15) is 11.6 Å². The van der Waals surface area contributed by atoms with Crippen molar-refractivity contribution in [3.05, 3.63) is 64.9 Å². The van der Waals surface area contributed by atoms with Crippen molar-refractivity contribution in [1.82, 2.24) is 9.88 Å². The molecule has 3 aromatic rings. The van der Waals surface area contributed by atoms with Gasteiger partial charge in [-0.05, 0) is 68.2 Å². The molecule has 2 aliphatic heterocycles. The minimum absolute atomic E-state index is 0.0288. The maximum absolute atomic E-state index is 15.8. The SMILES string of the molecule is C[C@@H]1Cc2c([nH]c3ccccc23)[C@@H](c2c(F)cc(N3CCC4(CC3)CC(C(=O)O)C4)cc2F)N1CC(F)(F)F. The molecular weight excluding hydrogens is 517 g/mol. The van der Waals surface area contributed by atoms with E-state index >= 15 is 8.78 Å². The maximum atomic E-state index is 15.8. The van der Waals surface area contributed by atoms with E-state index in [1.54, 1.807) is 13.0 Å². The molecule has 1 saturated carbocycles.